The molecule has 160 valence electrons. The minimum absolute atomic E-state index is 0. The van der Waals surface area contributed by atoms with Gasteiger partial charge in [-0.1, -0.05) is 18.2 Å². The molecule has 1 N–H and O–H groups in total. The Morgan fingerprint density at radius 1 is 1.26 bits per heavy atom. The quantitative estimate of drug-likeness (QED) is 0.561. The number of halogens is 3. The number of carbonyl (C=O) groups excluding carboxylic acids is 1. The number of carboxylic acid groups (broad SMARTS) is 1. The number of rotatable bonds is 8. The van der Waals surface area contributed by atoms with Crippen LogP contribution >= 0.6 is 0 Å². The second kappa shape index (κ2) is 10.4. The smallest absolute Gasteiger partial charge is 0.550 e. The number of methoxy groups -OCH3 is 1. The van der Waals surface area contributed by atoms with E-state index < -0.39 is 42.5 Å². The predicted octanol–water partition coefficient (Wildman–Crippen LogP) is -0.452. The van der Waals surface area contributed by atoms with Crippen LogP contribution in [-0.2, 0) is 20.7 Å². The van der Waals surface area contributed by atoms with Gasteiger partial charge < -0.3 is 29.4 Å². The maximum Gasteiger partial charge on any atom is 1.00 e. The molecule has 1 aromatic heterocycles. The zero-order chi connectivity index (χ0) is 21.8. The molecule has 8 nitrogen and oxygen atoms in total. The van der Waals surface area contributed by atoms with Gasteiger partial charge in [0, 0.05) is 18.0 Å². The molecular weight excluding hydrogens is 414 g/mol. The Kier molecular flexibility index (Phi) is 8.19. The van der Waals surface area contributed by atoms with E-state index in [1.54, 1.807) is 0 Å². The summed E-state index contributed by atoms with van der Waals surface area (Å²) < 4.78 is 56.2. The standard InChI is InChI=1S/C19H18F3N3O5.Li/c1-9(10-4-3-5-11(15(10)20)16(21)22)23-17-14(18-29-6-7-30-18)12(8-13(26)27)24-19(25-17)28-2;/h3-7,9,16,18H,8H2,1-2H3,(H,26,27)(H,23,24,25);/q;+1/p-1/t9-;/m1./s1. The molecule has 0 spiro atoms. The number of ether oxygens (including phenoxy) is 3. The maximum absolute atomic E-state index is 14.6. The predicted molar refractivity (Wildman–Crippen MR) is 94.7 cm³/mol. The summed E-state index contributed by atoms with van der Waals surface area (Å²) in [7, 11) is 1.28. The van der Waals surface area contributed by atoms with Crippen LogP contribution in [0.2, 0.25) is 0 Å². The summed E-state index contributed by atoms with van der Waals surface area (Å²) >= 11 is 0. The molecule has 3 rings (SSSR count). The number of anilines is 1. The van der Waals surface area contributed by atoms with E-state index in [0.29, 0.717) is 0 Å². The molecule has 0 amide bonds. The first-order valence-electron chi connectivity index (χ1n) is 8.75. The molecule has 0 saturated carbocycles. The second-order valence-electron chi connectivity index (χ2n) is 6.26. The Balaban J connectivity index is 0.00000341. The van der Waals surface area contributed by atoms with Crippen molar-refractivity contribution in [2.24, 2.45) is 0 Å². The fourth-order valence-electron chi connectivity index (χ4n) is 2.94. The van der Waals surface area contributed by atoms with E-state index >= 15 is 0 Å². The van der Waals surface area contributed by atoms with E-state index in [4.69, 9.17) is 14.2 Å². The monoisotopic (exact) mass is 431 g/mol. The van der Waals surface area contributed by atoms with E-state index in [2.05, 4.69) is 15.3 Å². The molecule has 31 heavy (non-hydrogen) atoms. The minimum atomic E-state index is -2.98. The fraction of sp³-hybridized carbons (Fsp3) is 0.316. The number of nitrogens with zero attached hydrogens (tertiary/aromatic N) is 2. The summed E-state index contributed by atoms with van der Waals surface area (Å²) in [5.41, 5.74) is -0.649. The molecule has 1 aliphatic rings. The van der Waals surface area contributed by atoms with Crippen LogP contribution in [0.15, 0.2) is 30.7 Å². The summed E-state index contributed by atoms with van der Waals surface area (Å²) in [5, 5.41) is 14.1. The number of hydrogen-bond donors (Lipinski definition) is 1. The number of nitrogens with one attached hydrogen (secondary N) is 1. The van der Waals surface area contributed by atoms with Crippen LogP contribution in [0.1, 0.15) is 48.1 Å². The maximum atomic E-state index is 14.6. The van der Waals surface area contributed by atoms with Gasteiger partial charge in [-0.05, 0) is 6.92 Å². The first-order valence-corrected chi connectivity index (χ1v) is 8.75. The number of aromatic nitrogens is 2. The molecule has 0 aliphatic carbocycles. The molecule has 0 fully saturated rings. The largest absolute Gasteiger partial charge is 1.00 e. The zero-order valence-electron chi connectivity index (χ0n) is 16.9. The molecule has 12 heteroatoms. The number of carbonyl (C=O) groups is 1. The summed E-state index contributed by atoms with van der Waals surface area (Å²) in [6.07, 6.45) is -2.16. The van der Waals surface area contributed by atoms with Crippen LogP contribution in [0, 0.1) is 5.82 Å². The van der Waals surface area contributed by atoms with Crippen molar-refractivity contribution in [3.63, 3.8) is 0 Å². The molecular formula is C19H17F3LiN3O5. The minimum Gasteiger partial charge on any atom is -0.550 e. The van der Waals surface area contributed by atoms with Gasteiger partial charge in [0.15, 0.2) is 0 Å². The summed E-state index contributed by atoms with van der Waals surface area (Å²) in [4.78, 5) is 19.3. The third-order valence-corrected chi connectivity index (χ3v) is 4.31. The first-order chi connectivity index (χ1) is 14.3. The molecule has 1 aromatic carbocycles. The van der Waals surface area contributed by atoms with E-state index in [9.17, 15) is 23.1 Å². The average molecular weight is 431 g/mol. The topological polar surface area (TPSA) is 106 Å². The van der Waals surface area contributed by atoms with Crippen LogP contribution in [0.5, 0.6) is 6.01 Å². The Bertz CT molecular complexity index is 969. The van der Waals surface area contributed by atoms with Crippen molar-refractivity contribution in [1.29, 1.82) is 0 Å². The number of carboxylic acids is 1. The molecule has 0 unspecified atom stereocenters. The van der Waals surface area contributed by atoms with Gasteiger partial charge in [0.05, 0.1) is 30.0 Å². The summed E-state index contributed by atoms with van der Waals surface area (Å²) in [6.45, 7) is 1.53. The van der Waals surface area contributed by atoms with E-state index in [0.717, 1.165) is 6.07 Å². The van der Waals surface area contributed by atoms with E-state index in [-0.39, 0.29) is 47.5 Å². The van der Waals surface area contributed by atoms with Gasteiger partial charge in [0.1, 0.15) is 24.2 Å². The Hall–Kier alpha value is -2.90. The first kappa shape index (κ1) is 24.4. The third kappa shape index (κ3) is 5.42. The third-order valence-electron chi connectivity index (χ3n) is 4.31. The normalized spacial score (nSPS) is 13.9. The van der Waals surface area contributed by atoms with E-state index in [1.807, 2.05) is 0 Å². The summed E-state index contributed by atoms with van der Waals surface area (Å²) in [5.74, 6) is -2.45. The van der Waals surface area contributed by atoms with Crippen LogP contribution in [0.4, 0.5) is 19.0 Å². The van der Waals surface area contributed by atoms with Gasteiger partial charge in [0.2, 0.25) is 0 Å². The van der Waals surface area contributed by atoms with Gasteiger partial charge in [-0.15, -0.1) is 0 Å². The van der Waals surface area contributed by atoms with Gasteiger partial charge >= 0.3 is 24.9 Å². The van der Waals surface area contributed by atoms with Crippen molar-refractivity contribution < 1.29 is 56.1 Å². The molecule has 0 bridgehead atoms. The van der Waals surface area contributed by atoms with Crippen molar-refractivity contribution in [2.45, 2.75) is 32.1 Å². The van der Waals surface area contributed by atoms with Crippen molar-refractivity contribution in [1.82, 2.24) is 9.97 Å². The Labute approximate surface area is 187 Å². The molecule has 2 aromatic rings. The van der Waals surface area contributed by atoms with Gasteiger partial charge in [0.25, 0.3) is 12.7 Å². The van der Waals surface area contributed by atoms with Crippen LogP contribution in [-0.4, -0.2) is 23.0 Å². The zero-order valence-corrected chi connectivity index (χ0v) is 16.9. The number of aliphatic carboxylic acids is 1. The van der Waals surface area contributed by atoms with Crippen molar-refractivity contribution in [3.05, 3.63) is 58.9 Å². The molecule has 0 radical (unpaired) electrons. The van der Waals surface area contributed by atoms with E-state index in [1.165, 1.54) is 38.7 Å². The van der Waals surface area contributed by atoms with Gasteiger partial charge in [-0.3, -0.25) is 0 Å². The van der Waals surface area contributed by atoms with Crippen LogP contribution in [0.3, 0.4) is 0 Å². The number of hydrogen-bond acceptors (Lipinski definition) is 8. The Morgan fingerprint density at radius 3 is 2.48 bits per heavy atom. The van der Waals surface area contributed by atoms with Gasteiger partial charge in [-0.2, -0.15) is 9.97 Å². The summed E-state index contributed by atoms with van der Waals surface area (Å²) in [6, 6.07) is 2.65. The molecule has 1 aliphatic heterocycles. The van der Waals surface area contributed by atoms with Crippen LogP contribution in [0.25, 0.3) is 0 Å². The van der Waals surface area contributed by atoms with Crippen molar-refractivity contribution in [2.75, 3.05) is 12.4 Å². The Morgan fingerprint density at radius 2 is 1.90 bits per heavy atom. The fourth-order valence-corrected chi connectivity index (χ4v) is 2.94. The molecule has 2 heterocycles. The number of benzene rings is 1. The average Bonchev–Trinajstić information content (AvgIpc) is 3.21. The van der Waals surface area contributed by atoms with Gasteiger partial charge in [-0.25, -0.2) is 13.2 Å². The molecule has 1 atom stereocenters. The SMILES string of the molecule is COc1nc(CC(=O)[O-])c(C2OC=CO2)c(N[C@H](C)c2cccc(C(F)F)c2F)n1.[Li+]. The van der Waals surface area contributed by atoms with Crippen molar-refractivity contribution >= 4 is 11.8 Å². The second-order valence-corrected chi connectivity index (χ2v) is 6.26. The molecule has 0 saturated heterocycles. The van der Waals surface area contributed by atoms with Crippen LogP contribution < -0.4 is 34.0 Å². The number of alkyl halides is 2. The van der Waals surface area contributed by atoms with Crippen molar-refractivity contribution in [3.8, 4) is 6.01 Å².